The second kappa shape index (κ2) is 9.81. The number of ether oxygens (including phenoxy) is 2. The number of carbonyl (C=O) groups excluding carboxylic acids is 2. The number of anilines is 2. The number of rotatable bonds is 8. The number of methoxy groups -OCH3 is 1. The predicted molar refractivity (Wildman–Crippen MR) is 114 cm³/mol. The van der Waals surface area contributed by atoms with Crippen molar-refractivity contribution >= 4 is 34.5 Å². The summed E-state index contributed by atoms with van der Waals surface area (Å²) in [6, 6.07) is 14.4. The minimum Gasteiger partial charge on any atom is -0.494 e. The molecule has 8 heteroatoms. The molecule has 29 heavy (non-hydrogen) atoms. The van der Waals surface area contributed by atoms with Crippen LogP contribution in [-0.4, -0.2) is 37.1 Å². The quantitative estimate of drug-likeness (QED) is 0.584. The highest BCUT2D eigenvalue weighted by Gasteiger charge is 2.12. The summed E-state index contributed by atoms with van der Waals surface area (Å²) in [6.45, 7) is 2.53. The Hall–Kier alpha value is -3.23. The summed E-state index contributed by atoms with van der Waals surface area (Å²) in [7, 11) is 1.46. The number of nitrogens with zero attached hydrogens (tertiary/aromatic N) is 1. The molecular weight excluding hydrogens is 390 g/mol. The molecule has 0 radical (unpaired) electrons. The fraction of sp³-hybridized carbons (Fsp3) is 0.190. The lowest BCUT2D eigenvalue weighted by Crippen LogP contribution is -2.17. The predicted octanol–water partition coefficient (Wildman–Crippen LogP) is 4.05. The van der Waals surface area contributed by atoms with E-state index in [-0.39, 0.29) is 18.4 Å². The first kappa shape index (κ1) is 20.5. The van der Waals surface area contributed by atoms with Crippen LogP contribution in [0.15, 0.2) is 53.9 Å². The van der Waals surface area contributed by atoms with Gasteiger partial charge in [-0.25, -0.2) is 4.98 Å². The lowest BCUT2D eigenvalue weighted by molar-refractivity contribution is -0.119. The van der Waals surface area contributed by atoms with Gasteiger partial charge in [0, 0.05) is 29.4 Å². The Morgan fingerprint density at radius 2 is 1.66 bits per heavy atom. The Bertz CT molecular complexity index is 968. The Morgan fingerprint density at radius 3 is 2.28 bits per heavy atom. The molecule has 0 fully saturated rings. The third-order valence-electron chi connectivity index (χ3n) is 3.85. The monoisotopic (exact) mass is 411 g/mol. The van der Waals surface area contributed by atoms with Gasteiger partial charge in [0.1, 0.15) is 23.1 Å². The zero-order chi connectivity index (χ0) is 20.6. The SMILES string of the molecule is CCOc1ccc(-c2nc(C(=O)Nc3ccc(NC(=O)COC)cc3)cs2)cc1. The largest absolute Gasteiger partial charge is 0.494 e. The molecule has 0 saturated heterocycles. The van der Waals surface area contributed by atoms with Crippen LogP contribution in [0, 0.1) is 0 Å². The highest BCUT2D eigenvalue weighted by atomic mass is 32.1. The van der Waals surface area contributed by atoms with Gasteiger partial charge in [-0.2, -0.15) is 0 Å². The maximum atomic E-state index is 12.5. The number of thiazole rings is 1. The number of aromatic nitrogens is 1. The number of benzene rings is 2. The zero-order valence-corrected chi connectivity index (χ0v) is 16.9. The normalized spacial score (nSPS) is 10.4. The van der Waals surface area contributed by atoms with E-state index in [0.717, 1.165) is 16.3 Å². The van der Waals surface area contributed by atoms with Crippen LogP contribution in [0.5, 0.6) is 5.75 Å². The van der Waals surface area contributed by atoms with Crippen LogP contribution < -0.4 is 15.4 Å². The molecule has 0 aliphatic heterocycles. The molecule has 150 valence electrons. The van der Waals surface area contributed by atoms with Gasteiger partial charge in [0.15, 0.2) is 0 Å². The third kappa shape index (κ3) is 5.63. The molecule has 3 aromatic rings. The standard InChI is InChI=1S/C21H21N3O4S/c1-3-28-17-10-4-14(5-11-17)21-24-18(13-29-21)20(26)23-16-8-6-15(7-9-16)22-19(25)12-27-2/h4-11,13H,3,12H2,1-2H3,(H,22,25)(H,23,26). The summed E-state index contributed by atoms with van der Waals surface area (Å²) in [5.74, 6) is 0.260. The highest BCUT2D eigenvalue weighted by Crippen LogP contribution is 2.26. The molecule has 0 unspecified atom stereocenters. The summed E-state index contributed by atoms with van der Waals surface area (Å²) in [5.41, 5.74) is 2.50. The fourth-order valence-corrected chi connectivity index (χ4v) is 3.34. The first-order valence-electron chi connectivity index (χ1n) is 8.98. The lowest BCUT2D eigenvalue weighted by Gasteiger charge is -2.07. The summed E-state index contributed by atoms with van der Waals surface area (Å²) >= 11 is 1.40. The van der Waals surface area contributed by atoms with Crippen molar-refractivity contribution in [2.24, 2.45) is 0 Å². The first-order valence-corrected chi connectivity index (χ1v) is 9.86. The number of nitrogens with one attached hydrogen (secondary N) is 2. The van der Waals surface area contributed by atoms with E-state index < -0.39 is 0 Å². The number of amides is 2. The lowest BCUT2D eigenvalue weighted by atomic mass is 10.2. The Balaban J connectivity index is 1.62. The van der Waals surface area contributed by atoms with Crippen molar-refractivity contribution in [3.63, 3.8) is 0 Å². The van der Waals surface area contributed by atoms with Gasteiger partial charge in [-0.1, -0.05) is 0 Å². The van der Waals surface area contributed by atoms with Crippen LogP contribution in [0.3, 0.4) is 0 Å². The smallest absolute Gasteiger partial charge is 0.275 e. The third-order valence-corrected chi connectivity index (χ3v) is 4.74. The maximum Gasteiger partial charge on any atom is 0.275 e. The summed E-state index contributed by atoms with van der Waals surface area (Å²) in [5, 5.41) is 7.98. The summed E-state index contributed by atoms with van der Waals surface area (Å²) in [4.78, 5) is 28.4. The molecular formula is C21H21N3O4S. The Kier molecular flexibility index (Phi) is 6.94. The van der Waals surface area contributed by atoms with Gasteiger partial charge in [-0.3, -0.25) is 9.59 Å². The van der Waals surface area contributed by atoms with Crippen LogP contribution in [0.25, 0.3) is 10.6 Å². The molecule has 7 nitrogen and oxygen atoms in total. The van der Waals surface area contributed by atoms with Gasteiger partial charge < -0.3 is 20.1 Å². The number of carbonyl (C=O) groups is 2. The molecule has 0 bridgehead atoms. The minimum atomic E-state index is -0.297. The average molecular weight is 411 g/mol. The van der Waals surface area contributed by atoms with Crippen LogP contribution in [-0.2, 0) is 9.53 Å². The zero-order valence-electron chi connectivity index (χ0n) is 16.1. The van der Waals surface area contributed by atoms with E-state index in [9.17, 15) is 9.59 Å². The van der Waals surface area contributed by atoms with E-state index in [1.165, 1.54) is 18.4 Å². The van der Waals surface area contributed by atoms with E-state index in [4.69, 9.17) is 9.47 Å². The van der Waals surface area contributed by atoms with Crippen molar-refractivity contribution in [1.29, 1.82) is 0 Å². The van der Waals surface area contributed by atoms with Crippen molar-refractivity contribution in [3.05, 3.63) is 59.6 Å². The molecule has 2 amide bonds. The van der Waals surface area contributed by atoms with Crippen molar-refractivity contribution in [2.75, 3.05) is 31.0 Å². The van der Waals surface area contributed by atoms with Crippen LogP contribution in [0.1, 0.15) is 17.4 Å². The topological polar surface area (TPSA) is 89.5 Å². The van der Waals surface area contributed by atoms with Crippen LogP contribution in [0.2, 0.25) is 0 Å². The fourth-order valence-electron chi connectivity index (χ4n) is 2.53. The summed E-state index contributed by atoms with van der Waals surface area (Å²) in [6.07, 6.45) is 0. The number of hydrogen-bond acceptors (Lipinski definition) is 6. The van der Waals surface area contributed by atoms with Gasteiger partial charge in [0.05, 0.1) is 6.61 Å². The van der Waals surface area contributed by atoms with Gasteiger partial charge in [0.2, 0.25) is 5.91 Å². The Morgan fingerprint density at radius 1 is 1.00 bits per heavy atom. The van der Waals surface area contributed by atoms with Crippen molar-refractivity contribution in [1.82, 2.24) is 4.98 Å². The molecule has 2 aromatic carbocycles. The molecule has 0 spiro atoms. The molecule has 0 saturated carbocycles. The van der Waals surface area contributed by atoms with Crippen molar-refractivity contribution in [3.8, 4) is 16.3 Å². The van der Waals surface area contributed by atoms with Crippen LogP contribution >= 0.6 is 11.3 Å². The minimum absolute atomic E-state index is 0.0149. The highest BCUT2D eigenvalue weighted by molar-refractivity contribution is 7.13. The number of hydrogen-bond donors (Lipinski definition) is 2. The maximum absolute atomic E-state index is 12.5. The van der Waals surface area contributed by atoms with E-state index >= 15 is 0 Å². The summed E-state index contributed by atoms with van der Waals surface area (Å²) < 4.78 is 10.2. The molecule has 0 aliphatic rings. The van der Waals surface area contributed by atoms with Crippen molar-refractivity contribution in [2.45, 2.75) is 6.92 Å². The first-order chi connectivity index (χ1) is 14.1. The molecule has 0 atom stereocenters. The molecule has 1 aromatic heterocycles. The molecule has 3 rings (SSSR count). The van der Waals surface area contributed by atoms with Gasteiger partial charge >= 0.3 is 0 Å². The van der Waals surface area contributed by atoms with E-state index in [2.05, 4.69) is 15.6 Å². The van der Waals surface area contributed by atoms with Gasteiger partial charge in [0.25, 0.3) is 5.91 Å². The van der Waals surface area contributed by atoms with E-state index in [1.807, 2.05) is 31.2 Å². The molecule has 2 N–H and O–H groups in total. The average Bonchev–Trinajstić information content (AvgIpc) is 3.21. The van der Waals surface area contributed by atoms with E-state index in [0.29, 0.717) is 23.7 Å². The Labute approximate surface area is 172 Å². The second-order valence-electron chi connectivity index (χ2n) is 6.01. The second-order valence-corrected chi connectivity index (χ2v) is 6.87. The molecule has 0 aliphatic carbocycles. The van der Waals surface area contributed by atoms with Crippen molar-refractivity contribution < 1.29 is 19.1 Å². The van der Waals surface area contributed by atoms with Gasteiger partial charge in [-0.15, -0.1) is 11.3 Å². The van der Waals surface area contributed by atoms with Gasteiger partial charge in [-0.05, 0) is 55.5 Å². The van der Waals surface area contributed by atoms with Crippen LogP contribution in [0.4, 0.5) is 11.4 Å². The van der Waals surface area contributed by atoms with E-state index in [1.54, 1.807) is 29.6 Å². The molecule has 1 heterocycles.